The van der Waals surface area contributed by atoms with Gasteiger partial charge in [0.25, 0.3) is 0 Å². The number of para-hydroxylation sites is 1. The van der Waals surface area contributed by atoms with Gasteiger partial charge in [0.15, 0.2) is 0 Å². The van der Waals surface area contributed by atoms with Crippen LogP contribution in [0.2, 0.25) is 0 Å². The average molecular weight is 256 g/mol. The van der Waals surface area contributed by atoms with Gasteiger partial charge in [-0.3, -0.25) is 4.68 Å². The van der Waals surface area contributed by atoms with Crippen LogP contribution in [0.1, 0.15) is 12.5 Å². The van der Waals surface area contributed by atoms with E-state index in [1.807, 2.05) is 52.2 Å². The number of benzene rings is 1. The van der Waals surface area contributed by atoms with Crippen LogP contribution in [0.4, 0.5) is 10.5 Å². The lowest BCUT2D eigenvalue weighted by atomic mass is 10.3. The summed E-state index contributed by atoms with van der Waals surface area (Å²) in [5, 5.41) is 7.14. The standard InChI is InChI=1S/C14H16N4O/c19-14(16-12-5-2-1-3-6-12)17-10-7-13(11-17)18-9-4-8-15-18/h1-6,8-9,13H,7,10-11H2,(H,16,19). The molecule has 1 aromatic carbocycles. The number of urea groups is 1. The third-order valence-corrected chi connectivity index (χ3v) is 3.37. The summed E-state index contributed by atoms with van der Waals surface area (Å²) in [6, 6.07) is 11.7. The molecule has 2 heterocycles. The zero-order valence-electron chi connectivity index (χ0n) is 10.6. The van der Waals surface area contributed by atoms with E-state index in [1.54, 1.807) is 6.20 Å². The van der Waals surface area contributed by atoms with Crippen LogP contribution in [0.3, 0.4) is 0 Å². The summed E-state index contributed by atoms with van der Waals surface area (Å²) in [6.45, 7) is 1.48. The van der Waals surface area contributed by atoms with Gasteiger partial charge >= 0.3 is 6.03 Å². The van der Waals surface area contributed by atoms with Crippen molar-refractivity contribution in [2.45, 2.75) is 12.5 Å². The van der Waals surface area contributed by atoms with Gasteiger partial charge in [0.05, 0.1) is 6.04 Å². The van der Waals surface area contributed by atoms with Gasteiger partial charge < -0.3 is 10.2 Å². The summed E-state index contributed by atoms with van der Waals surface area (Å²) in [5.41, 5.74) is 0.829. The maximum Gasteiger partial charge on any atom is 0.321 e. The fourth-order valence-electron chi connectivity index (χ4n) is 2.36. The fraction of sp³-hybridized carbons (Fsp3) is 0.286. The van der Waals surface area contributed by atoms with Crippen LogP contribution in [-0.4, -0.2) is 33.8 Å². The van der Waals surface area contributed by atoms with Crippen molar-refractivity contribution in [3.8, 4) is 0 Å². The van der Waals surface area contributed by atoms with Gasteiger partial charge in [-0.25, -0.2) is 4.79 Å². The van der Waals surface area contributed by atoms with Crippen molar-refractivity contribution < 1.29 is 4.79 Å². The van der Waals surface area contributed by atoms with Crippen molar-refractivity contribution in [1.82, 2.24) is 14.7 Å². The number of carbonyl (C=O) groups excluding carboxylic acids is 1. The molecule has 0 aliphatic carbocycles. The number of amides is 2. The zero-order chi connectivity index (χ0) is 13.1. The molecule has 0 radical (unpaired) electrons. The molecule has 1 unspecified atom stereocenters. The Kier molecular flexibility index (Phi) is 3.18. The number of carbonyl (C=O) groups is 1. The van der Waals surface area contributed by atoms with Crippen LogP contribution >= 0.6 is 0 Å². The lowest BCUT2D eigenvalue weighted by molar-refractivity contribution is 0.220. The number of likely N-dealkylation sites (tertiary alicyclic amines) is 1. The quantitative estimate of drug-likeness (QED) is 0.896. The molecule has 1 N–H and O–H groups in total. The van der Waals surface area contributed by atoms with Crippen molar-refractivity contribution >= 4 is 11.7 Å². The number of aromatic nitrogens is 2. The maximum absolute atomic E-state index is 12.1. The van der Waals surface area contributed by atoms with Crippen LogP contribution in [-0.2, 0) is 0 Å². The number of anilines is 1. The van der Waals surface area contributed by atoms with Crippen molar-refractivity contribution in [2.75, 3.05) is 18.4 Å². The monoisotopic (exact) mass is 256 g/mol. The van der Waals surface area contributed by atoms with E-state index in [0.717, 1.165) is 18.7 Å². The first-order chi connectivity index (χ1) is 9.33. The molecule has 0 spiro atoms. The molecule has 1 aromatic heterocycles. The number of hydrogen-bond acceptors (Lipinski definition) is 2. The molecule has 19 heavy (non-hydrogen) atoms. The number of hydrogen-bond donors (Lipinski definition) is 1. The minimum Gasteiger partial charge on any atom is -0.322 e. The molecule has 1 saturated heterocycles. The first-order valence-corrected chi connectivity index (χ1v) is 6.43. The highest BCUT2D eigenvalue weighted by molar-refractivity contribution is 5.89. The minimum atomic E-state index is -0.0409. The molecule has 98 valence electrons. The van der Waals surface area contributed by atoms with E-state index in [9.17, 15) is 4.79 Å². The van der Waals surface area contributed by atoms with Gasteiger partial charge in [0.2, 0.25) is 0 Å². The molecule has 2 aromatic rings. The Morgan fingerprint density at radius 1 is 1.26 bits per heavy atom. The predicted molar refractivity (Wildman–Crippen MR) is 72.9 cm³/mol. The highest BCUT2D eigenvalue weighted by Gasteiger charge is 2.27. The average Bonchev–Trinajstić information content (AvgIpc) is 3.11. The molecule has 1 fully saturated rings. The highest BCUT2D eigenvalue weighted by Crippen LogP contribution is 2.21. The van der Waals surface area contributed by atoms with E-state index in [4.69, 9.17) is 0 Å². The molecule has 0 bridgehead atoms. The van der Waals surface area contributed by atoms with Crippen molar-refractivity contribution in [2.24, 2.45) is 0 Å². The Morgan fingerprint density at radius 3 is 2.84 bits per heavy atom. The van der Waals surface area contributed by atoms with Gasteiger partial charge in [0, 0.05) is 31.2 Å². The van der Waals surface area contributed by atoms with Crippen molar-refractivity contribution in [1.29, 1.82) is 0 Å². The van der Waals surface area contributed by atoms with E-state index < -0.39 is 0 Å². The molecule has 2 amide bonds. The van der Waals surface area contributed by atoms with E-state index in [1.165, 1.54) is 0 Å². The second-order valence-corrected chi connectivity index (χ2v) is 4.67. The van der Waals surface area contributed by atoms with Crippen LogP contribution in [0, 0.1) is 0 Å². The zero-order valence-corrected chi connectivity index (χ0v) is 10.6. The molecular weight excluding hydrogens is 240 g/mol. The maximum atomic E-state index is 12.1. The smallest absolute Gasteiger partial charge is 0.321 e. The van der Waals surface area contributed by atoms with Crippen molar-refractivity contribution in [3.05, 3.63) is 48.8 Å². The van der Waals surface area contributed by atoms with E-state index in [0.29, 0.717) is 6.54 Å². The van der Waals surface area contributed by atoms with Crippen molar-refractivity contribution in [3.63, 3.8) is 0 Å². The Labute approximate surface area is 111 Å². The Hall–Kier alpha value is -2.30. The summed E-state index contributed by atoms with van der Waals surface area (Å²) in [4.78, 5) is 13.9. The van der Waals surface area contributed by atoms with Gasteiger partial charge in [-0.15, -0.1) is 0 Å². The van der Waals surface area contributed by atoms with Crippen LogP contribution in [0.25, 0.3) is 0 Å². The summed E-state index contributed by atoms with van der Waals surface area (Å²) in [5.74, 6) is 0. The lowest BCUT2D eigenvalue weighted by Crippen LogP contribution is -2.33. The number of nitrogens with zero attached hydrogens (tertiary/aromatic N) is 3. The predicted octanol–water partition coefficient (Wildman–Crippen LogP) is 2.36. The SMILES string of the molecule is O=C(Nc1ccccc1)N1CCC(n2cccn2)C1. The summed E-state index contributed by atoms with van der Waals surface area (Å²) < 4.78 is 1.93. The second kappa shape index (κ2) is 5.14. The Balaban J connectivity index is 1.60. The van der Waals surface area contributed by atoms with E-state index >= 15 is 0 Å². The van der Waals surface area contributed by atoms with Gasteiger partial charge in [-0.1, -0.05) is 18.2 Å². The molecule has 1 aliphatic rings. The molecular formula is C14H16N4O. The number of rotatable bonds is 2. The molecule has 0 saturated carbocycles. The van der Waals surface area contributed by atoms with E-state index in [2.05, 4.69) is 10.4 Å². The molecule has 1 aliphatic heterocycles. The van der Waals surface area contributed by atoms with Gasteiger partial charge in [-0.2, -0.15) is 5.10 Å². The van der Waals surface area contributed by atoms with E-state index in [-0.39, 0.29) is 12.1 Å². The highest BCUT2D eigenvalue weighted by atomic mass is 16.2. The Bertz CT molecular complexity index is 538. The third-order valence-electron chi connectivity index (χ3n) is 3.37. The Morgan fingerprint density at radius 2 is 2.11 bits per heavy atom. The first-order valence-electron chi connectivity index (χ1n) is 6.43. The molecule has 5 nitrogen and oxygen atoms in total. The largest absolute Gasteiger partial charge is 0.322 e. The van der Waals surface area contributed by atoms with Crippen LogP contribution in [0.15, 0.2) is 48.8 Å². The van der Waals surface area contributed by atoms with Gasteiger partial charge in [0.1, 0.15) is 0 Å². The van der Waals surface area contributed by atoms with Crippen LogP contribution < -0.4 is 5.32 Å². The second-order valence-electron chi connectivity index (χ2n) is 4.67. The van der Waals surface area contributed by atoms with Gasteiger partial charge in [-0.05, 0) is 24.6 Å². The topological polar surface area (TPSA) is 50.2 Å². The molecule has 3 rings (SSSR count). The summed E-state index contributed by atoms with van der Waals surface area (Å²) in [7, 11) is 0. The van der Waals surface area contributed by atoms with Crippen LogP contribution in [0.5, 0.6) is 0 Å². The normalized spacial score (nSPS) is 18.5. The minimum absolute atomic E-state index is 0.0409. The molecule has 1 atom stereocenters. The summed E-state index contributed by atoms with van der Waals surface area (Å²) in [6.07, 6.45) is 4.67. The lowest BCUT2D eigenvalue weighted by Gasteiger charge is -2.17. The third kappa shape index (κ3) is 2.59. The first kappa shape index (κ1) is 11.8. The summed E-state index contributed by atoms with van der Waals surface area (Å²) >= 11 is 0. The fourth-order valence-corrected chi connectivity index (χ4v) is 2.36. The number of nitrogens with one attached hydrogen (secondary N) is 1. The molecule has 5 heteroatoms.